The number of benzene rings is 4. The number of carbonyl (C=O) groups is 1. The number of nitrogens with one attached hydrogen (secondary N) is 2. The van der Waals surface area contributed by atoms with Crippen molar-refractivity contribution in [3.63, 3.8) is 0 Å². The van der Waals surface area contributed by atoms with Crippen molar-refractivity contribution in [2.75, 3.05) is 10.6 Å². The van der Waals surface area contributed by atoms with Gasteiger partial charge in [0.1, 0.15) is 23.3 Å². The molecule has 0 radical (unpaired) electrons. The lowest BCUT2D eigenvalue weighted by atomic mass is 10.1. The number of fused-ring (bicyclic) bond motifs is 3. The smallest absolute Gasteiger partial charge is 0.255 e. The average molecular weight is 482 g/mol. The largest absolute Gasteiger partial charge is 0.455 e. The van der Waals surface area contributed by atoms with Crippen LogP contribution in [-0.4, -0.2) is 15.9 Å². The lowest BCUT2D eigenvalue weighted by molar-refractivity contribution is 0.102. The number of aromatic nitrogens is 2. The Morgan fingerprint density at radius 1 is 0.811 bits per heavy atom. The van der Waals surface area contributed by atoms with Crippen LogP contribution in [0.3, 0.4) is 0 Å². The highest BCUT2D eigenvalue weighted by molar-refractivity contribution is 6.09. The molecule has 2 N–H and O–H groups in total. The predicted molar refractivity (Wildman–Crippen MR) is 144 cm³/mol. The second-order valence-corrected chi connectivity index (χ2v) is 8.42. The van der Waals surface area contributed by atoms with E-state index in [1.807, 2.05) is 66.7 Å². The number of carbonyl (C=O) groups excluding carboxylic acids is 1. The Morgan fingerprint density at radius 2 is 1.59 bits per heavy atom. The molecule has 2 aromatic heterocycles. The molecular formula is C30H19N5O2. The molecule has 0 unspecified atom stereocenters. The number of rotatable bonds is 5. The Hall–Kier alpha value is -5.48. The molecule has 7 nitrogen and oxygen atoms in total. The van der Waals surface area contributed by atoms with Gasteiger partial charge in [0, 0.05) is 39.3 Å². The van der Waals surface area contributed by atoms with Crippen molar-refractivity contribution >= 4 is 45.0 Å². The molecule has 0 aliphatic carbocycles. The Bertz CT molecular complexity index is 1820. The normalized spacial score (nSPS) is 10.8. The Balaban J connectivity index is 1.22. The Morgan fingerprint density at radius 3 is 2.46 bits per heavy atom. The molecule has 0 saturated carbocycles. The van der Waals surface area contributed by atoms with Gasteiger partial charge in [-0.2, -0.15) is 5.26 Å². The summed E-state index contributed by atoms with van der Waals surface area (Å²) in [6.45, 7) is 0. The third-order valence-corrected chi connectivity index (χ3v) is 6.02. The van der Waals surface area contributed by atoms with Gasteiger partial charge in [0.2, 0.25) is 0 Å². The molecule has 0 atom stereocenters. The first kappa shape index (κ1) is 22.0. The van der Waals surface area contributed by atoms with E-state index in [4.69, 9.17) is 9.68 Å². The first-order chi connectivity index (χ1) is 18.2. The van der Waals surface area contributed by atoms with Crippen molar-refractivity contribution in [1.82, 2.24) is 9.97 Å². The zero-order chi connectivity index (χ0) is 25.2. The van der Waals surface area contributed by atoms with Crippen molar-refractivity contribution in [3.05, 3.63) is 115 Å². The van der Waals surface area contributed by atoms with E-state index in [1.54, 1.807) is 36.4 Å². The molecule has 0 bridgehead atoms. The topological polar surface area (TPSA) is 104 Å². The summed E-state index contributed by atoms with van der Waals surface area (Å²) in [6.07, 6.45) is 1.52. The van der Waals surface area contributed by atoms with E-state index in [0.717, 1.165) is 38.9 Å². The van der Waals surface area contributed by atoms with E-state index in [9.17, 15) is 4.79 Å². The van der Waals surface area contributed by atoms with Crippen molar-refractivity contribution in [2.45, 2.75) is 0 Å². The molecule has 0 aliphatic heterocycles. The third kappa shape index (κ3) is 4.35. The summed E-state index contributed by atoms with van der Waals surface area (Å²) in [5, 5.41) is 17.3. The number of amides is 1. The average Bonchev–Trinajstić information content (AvgIpc) is 3.33. The Labute approximate surface area is 212 Å². The van der Waals surface area contributed by atoms with Gasteiger partial charge in [-0.3, -0.25) is 4.79 Å². The van der Waals surface area contributed by atoms with Gasteiger partial charge in [0.05, 0.1) is 17.3 Å². The van der Waals surface area contributed by atoms with Crippen molar-refractivity contribution in [3.8, 4) is 17.3 Å². The fourth-order valence-corrected chi connectivity index (χ4v) is 4.24. The lowest BCUT2D eigenvalue weighted by Crippen LogP contribution is -2.11. The highest BCUT2D eigenvalue weighted by Gasteiger charge is 2.13. The summed E-state index contributed by atoms with van der Waals surface area (Å²) in [5.74, 6) is 0.348. The van der Waals surface area contributed by atoms with Gasteiger partial charge >= 0.3 is 0 Å². The fourth-order valence-electron chi connectivity index (χ4n) is 4.24. The zero-order valence-corrected chi connectivity index (χ0v) is 19.5. The van der Waals surface area contributed by atoms with Crippen LogP contribution in [0, 0.1) is 11.3 Å². The minimum Gasteiger partial charge on any atom is -0.455 e. The molecule has 1 amide bonds. The van der Waals surface area contributed by atoms with Gasteiger partial charge in [-0.25, -0.2) is 9.97 Å². The number of para-hydroxylation sites is 2. The summed E-state index contributed by atoms with van der Waals surface area (Å²) < 4.78 is 6.15. The molecule has 7 heteroatoms. The summed E-state index contributed by atoms with van der Waals surface area (Å²) in [4.78, 5) is 21.4. The molecule has 2 heterocycles. The first-order valence-electron chi connectivity index (χ1n) is 11.6. The fraction of sp³-hybridized carbons (Fsp3) is 0. The number of nitriles is 1. The van der Waals surface area contributed by atoms with Gasteiger partial charge in [-0.1, -0.05) is 36.4 Å². The quantitative estimate of drug-likeness (QED) is 0.277. The van der Waals surface area contributed by atoms with Crippen LogP contribution in [0.25, 0.3) is 33.2 Å². The van der Waals surface area contributed by atoms with Crippen LogP contribution in [0.15, 0.2) is 108 Å². The molecule has 37 heavy (non-hydrogen) atoms. The molecule has 0 saturated heterocycles. The molecule has 4 aromatic carbocycles. The van der Waals surface area contributed by atoms with Gasteiger partial charge in [0.15, 0.2) is 0 Å². The number of hydrogen-bond donors (Lipinski definition) is 2. The van der Waals surface area contributed by atoms with E-state index < -0.39 is 0 Å². The summed E-state index contributed by atoms with van der Waals surface area (Å²) in [6, 6.07) is 31.8. The SMILES string of the molecule is N#Cc1cccc(C(=O)Nc2ccc(Nc3cc(-c4cccc5c4oc4ccccc45)ncn3)cc2)c1. The predicted octanol–water partition coefficient (Wildman–Crippen LogP) is 6.91. The van der Waals surface area contributed by atoms with Gasteiger partial charge in [0.25, 0.3) is 5.91 Å². The summed E-state index contributed by atoms with van der Waals surface area (Å²) in [5.41, 5.74) is 5.55. The maximum Gasteiger partial charge on any atom is 0.255 e. The number of furan rings is 1. The van der Waals surface area contributed by atoms with E-state index in [1.165, 1.54) is 6.33 Å². The van der Waals surface area contributed by atoms with Crippen LogP contribution >= 0.6 is 0 Å². The van der Waals surface area contributed by atoms with Crippen LogP contribution in [0.2, 0.25) is 0 Å². The molecule has 0 spiro atoms. The van der Waals surface area contributed by atoms with Crippen LogP contribution in [-0.2, 0) is 0 Å². The van der Waals surface area contributed by atoms with Crippen LogP contribution in [0.1, 0.15) is 15.9 Å². The molecule has 0 aliphatic rings. The van der Waals surface area contributed by atoms with Crippen molar-refractivity contribution in [2.24, 2.45) is 0 Å². The summed E-state index contributed by atoms with van der Waals surface area (Å²) >= 11 is 0. The molecule has 0 fully saturated rings. The highest BCUT2D eigenvalue weighted by atomic mass is 16.3. The van der Waals surface area contributed by atoms with Crippen LogP contribution in [0.4, 0.5) is 17.2 Å². The van der Waals surface area contributed by atoms with Crippen LogP contribution in [0.5, 0.6) is 0 Å². The van der Waals surface area contributed by atoms with E-state index >= 15 is 0 Å². The van der Waals surface area contributed by atoms with Gasteiger partial charge in [-0.15, -0.1) is 0 Å². The number of hydrogen-bond acceptors (Lipinski definition) is 6. The summed E-state index contributed by atoms with van der Waals surface area (Å²) in [7, 11) is 0. The second kappa shape index (κ2) is 9.29. The Kier molecular flexibility index (Phi) is 5.52. The monoisotopic (exact) mass is 481 g/mol. The molecule has 6 aromatic rings. The van der Waals surface area contributed by atoms with E-state index in [2.05, 4.69) is 20.6 Å². The maximum atomic E-state index is 12.5. The second-order valence-electron chi connectivity index (χ2n) is 8.42. The van der Waals surface area contributed by atoms with Gasteiger partial charge in [-0.05, 0) is 54.6 Å². The lowest BCUT2D eigenvalue weighted by Gasteiger charge is -2.09. The van der Waals surface area contributed by atoms with E-state index in [0.29, 0.717) is 22.6 Å². The molecule has 6 rings (SSSR count). The minimum atomic E-state index is -0.280. The molecule has 176 valence electrons. The first-order valence-corrected chi connectivity index (χ1v) is 11.6. The number of anilines is 3. The maximum absolute atomic E-state index is 12.5. The molecular weight excluding hydrogens is 462 g/mol. The highest BCUT2D eigenvalue weighted by Crippen LogP contribution is 2.35. The van der Waals surface area contributed by atoms with Crippen molar-refractivity contribution < 1.29 is 9.21 Å². The van der Waals surface area contributed by atoms with Crippen molar-refractivity contribution in [1.29, 1.82) is 5.26 Å². The van der Waals surface area contributed by atoms with E-state index in [-0.39, 0.29) is 5.91 Å². The standard InChI is InChI=1S/C30H19N5O2/c31-17-19-5-3-6-20(15-19)30(36)35-22-13-11-21(12-14-22)34-28-16-26(32-18-33-28)25-9-4-8-24-23-7-1-2-10-27(23)37-29(24)25/h1-16,18H,(H,35,36)(H,32,33,34). The minimum absolute atomic E-state index is 0.280. The van der Waals surface area contributed by atoms with Gasteiger partial charge < -0.3 is 15.1 Å². The van der Waals surface area contributed by atoms with Crippen LogP contribution < -0.4 is 10.6 Å². The number of nitrogens with zero attached hydrogens (tertiary/aromatic N) is 3. The zero-order valence-electron chi connectivity index (χ0n) is 19.5. The third-order valence-electron chi connectivity index (χ3n) is 6.02.